The first kappa shape index (κ1) is 29.8. The average molecular weight is 589 g/mol. The number of carbonyl (C=O) groups excluding carboxylic acids is 2. The van der Waals surface area contributed by atoms with Crippen molar-refractivity contribution in [3.8, 4) is 11.5 Å². The second-order valence-corrected chi connectivity index (χ2v) is 13.0. The number of ether oxygens (including phenoxy) is 2. The van der Waals surface area contributed by atoms with Gasteiger partial charge in [0, 0.05) is 27.6 Å². The first-order chi connectivity index (χ1) is 20.8. The van der Waals surface area contributed by atoms with E-state index in [1.807, 2.05) is 99.6 Å². The third-order valence-electron chi connectivity index (χ3n) is 7.31. The average Bonchev–Trinajstić information content (AvgIpc) is 3.03. The minimum absolute atomic E-state index is 0.0375. The lowest BCUT2D eigenvalue weighted by Crippen LogP contribution is -2.24. The zero-order valence-electron chi connectivity index (χ0n) is 24.4. The molecule has 0 fully saturated rings. The van der Waals surface area contributed by atoms with E-state index in [-0.39, 0.29) is 24.1 Å². The van der Waals surface area contributed by atoms with Crippen LogP contribution >= 0.6 is 7.14 Å². The van der Waals surface area contributed by atoms with Gasteiger partial charge in [-0.15, -0.1) is 0 Å². The van der Waals surface area contributed by atoms with Gasteiger partial charge in [-0.05, 0) is 56.2 Å². The number of carbonyl (C=O) groups is 2. The second kappa shape index (κ2) is 13.1. The van der Waals surface area contributed by atoms with E-state index in [0.29, 0.717) is 39.3 Å². The first-order valence-electron chi connectivity index (χ1n) is 14.1. The first-order valence-corrected chi connectivity index (χ1v) is 15.8. The van der Waals surface area contributed by atoms with E-state index in [1.165, 1.54) is 0 Å². The van der Waals surface area contributed by atoms with Crippen molar-refractivity contribution in [1.29, 1.82) is 0 Å². The van der Waals surface area contributed by atoms with Crippen molar-refractivity contribution >= 4 is 23.5 Å². The van der Waals surface area contributed by atoms with Gasteiger partial charge in [-0.2, -0.15) is 0 Å². The van der Waals surface area contributed by atoms with Gasteiger partial charge >= 0.3 is 0 Å². The van der Waals surface area contributed by atoms with Crippen molar-refractivity contribution in [2.75, 3.05) is 0 Å². The fourth-order valence-electron chi connectivity index (χ4n) is 5.32. The molecule has 0 N–H and O–H groups in total. The highest BCUT2D eigenvalue weighted by molar-refractivity contribution is 8.01. The number of para-hydroxylation sites is 2. The molecular weight excluding hydrogens is 555 g/mol. The number of hydrogen-bond acceptors (Lipinski definition) is 5. The molecule has 216 valence electrons. The fourth-order valence-corrected chi connectivity index (χ4v) is 7.84. The predicted molar refractivity (Wildman–Crippen MR) is 171 cm³/mol. The highest BCUT2D eigenvalue weighted by Crippen LogP contribution is 2.52. The van der Waals surface area contributed by atoms with Gasteiger partial charge in [0.25, 0.3) is 0 Å². The molecule has 6 heteroatoms. The summed E-state index contributed by atoms with van der Waals surface area (Å²) in [5.74, 6) is 1.25. The molecule has 5 rings (SSSR count). The molecular formula is C37H33O5P. The summed E-state index contributed by atoms with van der Waals surface area (Å²) < 4.78 is 27.4. The molecule has 5 nitrogen and oxygen atoms in total. The van der Waals surface area contributed by atoms with Gasteiger partial charge in [0.05, 0.1) is 0 Å². The van der Waals surface area contributed by atoms with Crippen molar-refractivity contribution in [3.63, 3.8) is 0 Å². The molecule has 0 bridgehead atoms. The molecule has 0 amide bonds. The topological polar surface area (TPSA) is 69.7 Å². The van der Waals surface area contributed by atoms with Crippen LogP contribution in [-0.2, 0) is 17.8 Å². The largest absolute Gasteiger partial charge is 0.489 e. The molecule has 0 aliphatic heterocycles. The van der Waals surface area contributed by atoms with Crippen LogP contribution in [0.3, 0.4) is 0 Å². The molecule has 43 heavy (non-hydrogen) atoms. The van der Waals surface area contributed by atoms with Crippen LogP contribution in [0.5, 0.6) is 11.5 Å². The number of rotatable bonds is 11. The van der Waals surface area contributed by atoms with Crippen molar-refractivity contribution < 1.29 is 23.6 Å². The van der Waals surface area contributed by atoms with Crippen molar-refractivity contribution in [1.82, 2.24) is 0 Å². The maximum Gasteiger partial charge on any atom is 0.248 e. The zero-order valence-corrected chi connectivity index (χ0v) is 25.3. The van der Waals surface area contributed by atoms with Crippen LogP contribution in [0, 0.1) is 20.8 Å². The summed E-state index contributed by atoms with van der Waals surface area (Å²) in [5, 5.41) is 0.193. The highest BCUT2D eigenvalue weighted by atomic mass is 31.2. The van der Waals surface area contributed by atoms with E-state index in [0.717, 1.165) is 5.56 Å². The quantitative estimate of drug-likeness (QED) is 0.145. The van der Waals surface area contributed by atoms with E-state index >= 15 is 4.57 Å². The van der Waals surface area contributed by atoms with Gasteiger partial charge in [0.1, 0.15) is 24.7 Å². The predicted octanol–water partition coefficient (Wildman–Crippen LogP) is 8.44. The summed E-state index contributed by atoms with van der Waals surface area (Å²) in [6, 6.07) is 36.0. The molecule has 0 aliphatic carbocycles. The molecule has 0 saturated heterocycles. The van der Waals surface area contributed by atoms with Crippen molar-refractivity contribution in [2.24, 2.45) is 0 Å². The lowest BCUT2D eigenvalue weighted by Gasteiger charge is -2.22. The Hall–Kier alpha value is -4.73. The molecule has 5 aromatic carbocycles. The van der Waals surface area contributed by atoms with Gasteiger partial charge in [0.15, 0.2) is 0 Å². The molecule has 0 aliphatic rings. The van der Waals surface area contributed by atoms with Crippen LogP contribution in [0.2, 0.25) is 0 Å². The van der Waals surface area contributed by atoms with Gasteiger partial charge in [-0.1, -0.05) is 103 Å². The molecule has 0 radical (unpaired) electrons. The minimum Gasteiger partial charge on any atom is -0.489 e. The molecule has 1 unspecified atom stereocenters. The third-order valence-corrected chi connectivity index (χ3v) is 9.93. The van der Waals surface area contributed by atoms with E-state index in [4.69, 9.17) is 9.47 Å². The van der Waals surface area contributed by atoms with Crippen molar-refractivity contribution in [2.45, 2.75) is 34.0 Å². The summed E-state index contributed by atoms with van der Waals surface area (Å²) in [5.41, 5.74) is 2.46. The Labute approximate surface area is 252 Å². The molecule has 0 heterocycles. The van der Waals surface area contributed by atoms with Crippen LogP contribution < -0.4 is 14.8 Å². The Morgan fingerprint density at radius 2 is 0.977 bits per heavy atom. The molecule has 0 saturated carbocycles. The SMILES string of the molecule is Cc1cc(C)c(C(=O)P(=O)(C(=O)c2c(COc3ccccc3)cccc2COc2ccccc2)c2ccccc2)c(C)c1. The fraction of sp³-hybridized carbons (Fsp3) is 0.135. The smallest absolute Gasteiger partial charge is 0.248 e. The van der Waals surface area contributed by atoms with Crippen LogP contribution in [0.15, 0.2) is 121 Å². The molecule has 0 spiro atoms. The van der Waals surface area contributed by atoms with Crippen LogP contribution in [0.25, 0.3) is 0 Å². The van der Waals surface area contributed by atoms with E-state index in [1.54, 1.807) is 42.5 Å². The molecule has 1 atom stereocenters. The third kappa shape index (κ3) is 6.38. The van der Waals surface area contributed by atoms with Crippen LogP contribution in [0.1, 0.15) is 48.5 Å². The second-order valence-electron chi connectivity index (χ2n) is 10.5. The van der Waals surface area contributed by atoms with Crippen molar-refractivity contribution in [3.05, 3.63) is 160 Å². The van der Waals surface area contributed by atoms with Crippen LogP contribution in [-0.4, -0.2) is 11.0 Å². The maximum atomic E-state index is 15.3. The summed E-state index contributed by atoms with van der Waals surface area (Å²) >= 11 is 0. The van der Waals surface area contributed by atoms with E-state index in [9.17, 15) is 9.59 Å². The number of benzene rings is 5. The van der Waals surface area contributed by atoms with Crippen LogP contribution in [0.4, 0.5) is 0 Å². The lowest BCUT2D eigenvalue weighted by atomic mass is 10.0. The Morgan fingerprint density at radius 1 is 0.558 bits per heavy atom. The summed E-state index contributed by atoms with van der Waals surface area (Å²) in [7, 11) is -4.40. The Balaban J connectivity index is 1.66. The Morgan fingerprint density at radius 3 is 1.44 bits per heavy atom. The van der Waals surface area contributed by atoms with Gasteiger partial charge in [0.2, 0.25) is 18.2 Å². The standard InChI is InChI=1S/C37H33O5P/c1-26-22-27(2)34(28(3)23-26)36(38)43(40,33-20-11-6-12-21-33)37(39)35-29(24-41-31-16-7-4-8-17-31)14-13-15-30(35)25-42-32-18-9-5-10-19-32/h4-23H,24-25H2,1-3H3. The van der Waals surface area contributed by atoms with Gasteiger partial charge in [-0.25, -0.2) is 0 Å². The van der Waals surface area contributed by atoms with E-state index in [2.05, 4.69) is 0 Å². The zero-order chi connectivity index (χ0) is 30.4. The molecule has 5 aromatic rings. The molecule has 0 aromatic heterocycles. The Kier molecular flexibility index (Phi) is 9.04. The van der Waals surface area contributed by atoms with Gasteiger partial charge < -0.3 is 14.0 Å². The number of aryl methyl sites for hydroxylation is 3. The highest BCUT2D eigenvalue weighted by Gasteiger charge is 2.45. The minimum atomic E-state index is -4.40. The number of hydrogen-bond donors (Lipinski definition) is 0. The maximum absolute atomic E-state index is 15.3. The summed E-state index contributed by atoms with van der Waals surface area (Å²) in [6.45, 7) is 5.64. The monoisotopic (exact) mass is 588 g/mol. The van der Waals surface area contributed by atoms with E-state index < -0.39 is 18.2 Å². The normalized spacial score (nSPS) is 12.3. The lowest BCUT2D eigenvalue weighted by molar-refractivity contribution is 0.103. The summed E-state index contributed by atoms with van der Waals surface area (Å²) in [6.07, 6.45) is 0. The van der Waals surface area contributed by atoms with Gasteiger partial charge in [-0.3, -0.25) is 9.59 Å². The summed E-state index contributed by atoms with van der Waals surface area (Å²) in [4.78, 5) is 29.3. The Bertz CT molecular complexity index is 1710.